The van der Waals surface area contributed by atoms with Gasteiger partial charge < -0.3 is 20.7 Å². The number of nitrogens with zero attached hydrogens (tertiary/aromatic N) is 1. The molecule has 3 N–H and O–H groups in total. The van der Waals surface area contributed by atoms with E-state index in [0.29, 0.717) is 30.9 Å². The van der Waals surface area contributed by atoms with E-state index in [-0.39, 0.29) is 12.5 Å². The summed E-state index contributed by atoms with van der Waals surface area (Å²) in [5.74, 6) is -1.89. The van der Waals surface area contributed by atoms with Crippen molar-refractivity contribution in [1.29, 1.82) is 0 Å². The first-order valence-electron chi connectivity index (χ1n) is 8.67. The Labute approximate surface area is 157 Å². The van der Waals surface area contributed by atoms with Crippen LogP contribution >= 0.6 is 0 Å². The fraction of sp³-hybridized carbons (Fsp3) is 0.250. The number of nitrogens with two attached hydrogens (primary N) is 1. The lowest BCUT2D eigenvalue weighted by Crippen LogP contribution is -2.47. The van der Waals surface area contributed by atoms with Crippen LogP contribution in [-0.4, -0.2) is 42.3 Å². The van der Waals surface area contributed by atoms with Crippen molar-refractivity contribution < 1.29 is 19.1 Å². The van der Waals surface area contributed by atoms with Gasteiger partial charge in [0, 0.05) is 12.2 Å². The first-order chi connectivity index (χ1) is 13.0. The van der Waals surface area contributed by atoms with Crippen LogP contribution in [0, 0.1) is 0 Å². The van der Waals surface area contributed by atoms with E-state index in [2.05, 4.69) is 5.32 Å². The molecule has 3 rings (SSSR count). The summed E-state index contributed by atoms with van der Waals surface area (Å²) in [7, 11) is 0. The van der Waals surface area contributed by atoms with Crippen LogP contribution < -0.4 is 11.1 Å². The number of carbonyl (C=O) groups excluding carboxylic acids is 3. The van der Waals surface area contributed by atoms with Crippen LogP contribution in [0.3, 0.4) is 0 Å². The lowest BCUT2D eigenvalue weighted by molar-refractivity contribution is -0.148. The number of hydrogen-bond acceptors (Lipinski definition) is 4. The average Bonchev–Trinajstić information content (AvgIpc) is 2.69. The lowest BCUT2D eigenvalue weighted by atomic mass is 10.1. The van der Waals surface area contributed by atoms with E-state index in [1.807, 2.05) is 30.3 Å². The molecule has 1 saturated heterocycles. The highest BCUT2D eigenvalue weighted by atomic mass is 16.5. The molecular formula is C20H21N3O4. The number of carbonyl (C=O) groups is 3. The molecule has 1 heterocycles. The molecule has 0 unspecified atom stereocenters. The standard InChI is InChI=1S/C20H21N3O4/c21-18(24)12-15-8-4-5-9-16(15)22-19(25)20(26)23-10-11-27-17(13-23)14-6-2-1-3-7-14/h1-9,17H,10-13H2,(H2,21,24)(H,22,25)/t17-/m0/s1. The third kappa shape index (κ3) is 4.71. The molecule has 7 nitrogen and oxygen atoms in total. The van der Waals surface area contributed by atoms with E-state index in [1.165, 1.54) is 4.90 Å². The van der Waals surface area contributed by atoms with Crippen LogP contribution in [0.25, 0.3) is 0 Å². The maximum atomic E-state index is 12.6. The zero-order chi connectivity index (χ0) is 19.2. The van der Waals surface area contributed by atoms with Crippen LogP contribution in [0.1, 0.15) is 17.2 Å². The second kappa shape index (κ2) is 8.46. The number of anilines is 1. The zero-order valence-corrected chi connectivity index (χ0v) is 14.8. The predicted molar refractivity (Wildman–Crippen MR) is 99.7 cm³/mol. The third-order valence-electron chi connectivity index (χ3n) is 4.35. The first-order valence-corrected chi connectivity index (χ1v) is 8.67. The van der Waals surface area contributed by atoms with E-state index < -0.39 is 17.7 Å². The van der Waals surface area contributed by atoms with Crippen LogP contribution in [0.4, 0.5) is 5.69 Å². The summed E-state index contributed by atoms with van der Waals surface area (Å²) in [6.45, 7) is 1.01. The van der Waals surface area contributed by atoms with Gasteiger partial charge in [0.05, 0.1) is 19.6 Å². The highest BCUT2D eigenvalue weighted by molar-refractivity contribution is 6.39. The van der Waals surface area contributed by atoms with Gasteiger partial charge in [0.15, 0.2) is 0 Å². The molecule has 1 atom stereocenters. The molecule has 1 aliphatic rings. The summed E-state index contributed by atoms with van der Waals surface area (Å²) in [5.41, 5.74) is 7.16. The number of amides is 3. The van der Waals surface area contributed by atoms with Gasteiger partial charge in [0.25, 0.3) is 0 Å². The Bertz CT molecular complexity index is 838. The number of primary amides is 1. The summed E-state index contributed by atoms with van der Waals surface area (Å²) in [5, 5.41) is 2.59. The predicted octanol–water partition coefficient (Wildman–Crippen LogP) is 1.25. The lowest BCUT2D eigenvalue weighted by Gasteiger charge is -2.32. The maximum absolute atomic E-state index is 12.6. The number of morpholine rings is 1. The van der Waals surface area contributed by atoms with Crippen molar-refractivity contribution in [3.8, 4) is 0 Å². The number of hydrogen-bond donors (Lipinski definition) is 2. The van der Waals surface area contributed by atoms with Gasteiger partial charge in [-0.25, -0.2) is 0 Å². The largest absolute Gasteiger partial charge is 0.370 e. The molecule has 2 aromatic rings. The van der Waals surface area contributed by atoms with Gasteiger partial charge >= 0.3 is 11.8 Å². The Morgan fingerprint density at radius 1 is 1.07 bits per heavy atom. The van der Waals surface area contributed by atoms with E-state index in [1.54, 1.807) is 24.3 Å². The van der Waals surface area contributed by atoms with Gasteiger partial charge in [-0.3, -0.25) is 14.4 Å². The van der Waals surface area contributed by atoms with Crippen LogP contribution in [0.2, 0.25) is 0 Å². The maximum Gasteiger partial charge on any atom is 0.313 e. The minimum absolute atomic E-state index is 0.0156. The molecule has 0 bridgehead atoms. The van der Waals surface area contributed by atoms with Crippen molar-refractivity contribution in [2.24, 2.45) is 5.73 Å². The van der Waals surface area contributed by atoms with E-state index in [4.69, 9.17) is 10.5 Å². The van der Waals surface area contributed by atoms with Crippen molar-refractivity contribution in [1.82, 2.24) is 4.90 Å². The highest BCUT2D eigenvalue weighted by Gasteiger charge is 2.29. The monoisotopic (exact) mass is 367 g/mol. The average molecular weight is 367 g/mol. The van der Waals surface area contributed by atoms with Crippen molar-refractivity contribution in [2.45, 2.75) is 12.5 Å². The second-order valence-corrected chi connectivity index (χ2v) is 6.28. The van der Waals surface area contributed by atoms with Crippen molar-refractivity contribution in [3.63, 3.8) is 0 Å². The first kappa shape index (κ1) is 18.6. The molecule has 0 aromatic heterocycles. The van der Waals surface area contributed by atoms with E-state index >= 15 is 0 Å². The fourth-order valence-electron chi connectivity index (χ4n) is 3.01. The topological polar surface area (TPSA) is 102 Å². The summed E-state index contributed by atoms with van der Waals surface area (Å²) in [6.07, 6.45) is -0.281. The molecule has 0 radical (unpaired) electrons. The Morgan fingerprint density at radius 2 is 1.78 bits per heavy atom. The number of para-hydroxylation sites is 1. The molecule has 7 heteroatoms. The van der Waals surface area contributed by atoms with Gasteiger partial charge in [-0.05, 0) is 17.2 Å². The van der Waals surface area contributed by atoms with Gasteiger partial charge in [-0.2, -0.15) is 0 Å². The summed E-state index contributed by atoms with van der Waals surface area (Å²) in [6, 6.07) is 16.3. The van der Waals surface area contributed by atoms with E-state index in [0.717, 1.165) is 5.56 Å². The number of benzene rings is 2. The van der Waals surface area contributed by atoms with Crippen LogP contribution in [-0.2, 0) is 25.5 Å². The zero-order valence-electron chi connectivity index (χ0n) is 14.8. The van der Waals surface area contributed by atoms with Crippen molar-refractivity contribution in [3.05, 3.63) is 65.7 Å². The Morgan fingerprint density at radius 3 is 2.52 bits per heavy atom. The number of nitrogens with one attached hydrogen (secondary N) is 1. The SMILES string of the molecule is NC(=O)Cc1ccccc1NC(=O)C(=O)N1CCO[C@H](c2ccccc2)C1. The van der Waals surface area contributed by atoms with Crippen molar-refractivity contribution in [2.75, 3.05) is 25.0 Å². The van der Waals surface area contributed by atoms with Gasteiger partial charge in [0.1, 0.15) is 6.10 Å². The third-order valence-corrected chi connectivity index (χ3v) is 4.35. The van der Waals surface area contributed by atoms with Crippen LogP contribution in [0.15, 0.2) is 54.6 Å². The molecule has 1 aliphatic heterocycles. The van der Waals surface area contributed by atoms with Gasteiger partial charge in [-0.15, -0.1) is 0 Å². The Balaban J connectivity index is 1.67. The molecule has 1 fully saturated rings. The normalized spacial score (nSPS) is 16.6. The summed E-state index contributed by atoms with van der Waals surface area (Å²) < 4.78 is 5.73. The molecule has 2 aromatic carbocycles. The Hall–Kier alpha value is -3.19. The Kier molecular flexibility index (Phi) is 5.83. The molecule has 0 aliphatic carbocycles. The highest BCUT2D eigenvalue weighted by Crippen LogP contribution is 2.22. The smallest absolute Gasteiger partial charge is 0.313 e. The molecule has 27 heavy (non-hydrogen) atoms. The van der Waals surface area contributed by atoms with Gasteiger partial charge in [-0.1, -0.05) is 48.5 Å². The molecular weight excluding hydrogens is 346 g/mol. The van der Waals surface area contributed by atoms with Crippen molar-refractivity contribution >= 4 is 23.4 Å². The fourth-order valence-corrected chi connectivity index (χ4v) is 3.01. The summed E-state index contributed by atoms with van der Waals surface area (Å²) >= 11 is 0. The second-order valence-electron chi connectivity index (χ2n) is 6.28. The minimum atomic E-state index is -0.749. The molecule has 3 amide bonds. The molecule has 140 valence electrons. The molecule has 0 saturated carbocycles. The number of rotatable bonds is 4. The quantitative estimate of drug-likeness (QED) is 0.794. The van der Waals surface area contributed by atoms with Crippen LogP contribution in [0.5, 0.6) is 0 Å². The van der Waals surface area contributed by atoms with Gasteiger partial charge in [0.2, 0.25) is 5.91 Å². The van der Waals surface area contributed by atoms with E-state index in [9.17, 15) is 14.4 Å². The number of ether oxygens (including phenoxy) is 1. The molecule has 0 spiro atoms. The summed E-state index contributed by atoms with van der Waals surface area (Å²) in [4.78, 5) is 37.7. The minimum Gasteiger partial charge on any atom is -0.370 e.